The van der Waals surface area contributed by atoms with Gasteiger partial charge in [0.25, 0.3) is 0 Å². The summed E-state index contributed by atoms with van der Waals surface area (Å²) in [6.45, 7) is 6.41. The molecule has 4 nitrogen and oxygen atoms in total. The summed E-state index contributed by atoms with van der Waals surface area (Å²) in [5.74, 6) is 0. The standard InChI is InChI=1S/C15H28NO3P/c1-4-18-20(17,19-5-2)13-14(3)11-12-16-15-9-7-6-8-10-15/h11-12,15H,4-10,13H2,1-3H3/b14-11+,16-12?. The van der Waals surface area contributed by atoms with E-state index in [0.717, 1.165) is 5.57 Å². The highest BCUT2D eigenvalue weighted by molar-refractivity contribution is 7.54. The first-order valence-electron chi connectivity index (χ1n) is 7.66. The number of allylic oxidation sites excluding steroid dienone is 2. The van der Waals surface area contributed by atoms with Crippen molar-refractivity contribution in [3.8, 4) is 0 Å². The maximum Gasteiger partial charge on any atom is 0.334 e. The Morgan fingerprint density at radius 3 is 2.35 bits per heavy atom. The Bertz CT molecular complexity index is 363. The van der Waals surface area contributed by atoms with E-state index < -0.39 is 7.60 Å². The summed E-state index contributed by atoms with van der Waals surface area (Å²) in [5.41, 5.74) is 0.981. The molecule has 0 aromatic rings. The van der Waals surface area contributed by atoms with Gasteiger partial charge < -0.3 is 9.05 Å². The van der Waals surface area contributed by atoms with E-state index in [2.05, 4.69) is 4.99 Å². The third-order valence-corrected chi connectivity index (χ3v) is 5.51. The predicted molar refractivity (Wildman–Crippen MR) is 84.8 cm³/mol. The lowest BCUT2D eigenvalue weighted by Gasteiger charge is -2.17. The average molecular weight is 301 g/mol. The first-order valence-corrected chi connectivity index (χ1v) is 9.39. The highest BCUT2D eigenvalue weighted by Crippen LogP contribution is 2.49. The molecule has 1 saturated carbocycles. The molecule has 0 radical (unpaired) electrons. The largest absolute Gasteiger partial charge is 0.334 e. The van der Waals surface area contributed by atoms with E-state index in [9.17, 15) is 4.57 Å². The maximum absolute atomic E-state index is 12.4. The Morgan fingerprint density at radius 2 is 1.80 bits per heavy atom. The maximum atomic E-state index is 12.4. The lowest BCUT2D eigenvalue weighted by atomic mass is 9.96. The van der Waals surface area contributed by atoms with Crippen LogP contribution < -0.4 is 0 Å². The van der Waals surface area contributed by atoms with Crippen LogP contribution in [0.15, 0.2) is 16.6 Å². The van der Waals surface area contributed by atoms with Crippen molar-refractivity contribution < 1.29 is 13.6 Å². The molecule has 0 spiro atoms. The van der Waals surface area contributed by atoms with Gasteiger partial charge in [-0.1, -0.05) is 24.8 Å². The summed E-state index contributed by atoms with van der Waals surface area (Å²) in [6, 6.07) is 0.471. The summed E-state index contributed by atoms with van der Waals surface area (Å²) in [6.07, 6.45) is 10.4. The minimum Gasteiger partial charge on any atom is -0.309 e. The second kappa shape index (κ2) is 9.49. The van der Waals surface area contributed by atoms with Crippen molar-refractivity contribution in [3.63, 3.8) is 0 Å². The molecule has 0 aromatic carbocycles. The van der Waals surface area contributed by atoms with Gasteiger partial charge in [-0.2, -0.15) is 0 Å². The van der Waals surface area contributed by atoms with Crippen molar-refractivity contribution in [2.45, 2.75) is 58.9 Å². The molecular formula is C15H28NO3P. The minimum atomic E-state index is -2.98. The highest BCUT2D eigenvalue weighted by Gasteiger charge is 2.23. The van der Waals surface area contributed by atoms with Crippen molar-refractivity contribution in [2.75, 3.05) is 19.4 Å². The fourth-order valence-corrected chi connectivity index (χ4v) is 4.16. The van der Waals surface area contributed by atoms with Crippen LogP contribution in [-0.2, 0) is 13.6 Å². The van der Waals surface area contributed by atoms with E-state index in [0.29, 0.717) is 25.4 Å². The van der Waals surface area contributed by atoms with E-state index in [1.807, 2.05) is 33.1 Å². The van der Waals surface area contributed by atoms with Crippen LogP contribution in [0.4, 0.5) is 0 Å². The van der Waals surface area contributed by atoms with Crippen molar-refractivity contribution in [3.05, 3.63) is 11.6 Å². The predicted octanol–water partition coefficient (Wildman–Crippen LogP) is 4.60. The molecule has 0 atom stereocenters. The molecule has 0 heterocycles. The fraction of sp³-hybridized carbons (Fsp3) is 0.800. The number of aliphatic imine (C=N–C) groups is 1. The number of nitrogens with zero attached hydrogens (tertiary/aromatic N) is 1. The summed E-state index contributed by atoms with van der Waals surface area (Å²) < 4.78 is 22.9. The van der Waals surface area contributed by atoms with Crippen LogP contribution in [0.5, 0.6) is 0 Å². The summed E-state index contributed by atoms with van der Waals surface area (Å²) in [4.78, 5) is 4.57. The van der Waals surface area contributed by atoms with Gasteiger partial charge in [-0.25, -0.2) is 0 Å². The van der Waals surface area contributed by atoms with Gasteiger partial charge in [0.15, 0.2) is 0 Å². The van der Waals surface area contributed by atoms with Crippen LogP contribution in [0.3, 0.4) is 0 Å². The van der Waals surface area contributed by atoms with Crippen molar-refractivity contribution in [1.29, 1.82) is 0 Å². The first kappa shape index (κ1) is 17.6. The van der Waals surface area contributed by atoms with Gasteiger partial charge in [0.1, 0.15) is 0 Å². The number of hydrogen-bond acceptors (Lipinski definition) is 4. The molecule has 1 fully saturated rings. The Labute approximate surface area is 123 Å². The van der Waals surface area contributed by atoms with Gasteiger partial charge in [-0.15, -0.1) is 0 Å². The fourth-order valence-electron chi connectivity index (χ4n) is 2.40. The number of rotatable bonds is 8. The zero-order chi connectivity index (χ0) is 14.8. The molecule has 0 amide bonds. The summed E-state index contributed by atoms with van der Waals surface area (Å²) >= 11 is 0. The lowest BCUT2D eigenvalue weighted by molar-refractivity contribution is 0.222. The number of hydrogen-bond donors (Lipinski definition) is 0. The van der Waals surface area contributed by atoms with Gasteiger partial charge in [0.05, 0.1) is 19.4 Å². The molecule has 0 unspecified atom stereocenters. The molecule has 0 aliphatic heterocycles. The Morgan fingerprint density at radius 1 is 1.20 bits per heavy atom. The average Bonchev–Trinajstić information content (AvgIpc) is 2.40. The molecule has 1 rings (SSSR count). The van der Waals surface area contributed by atoms with Crippen molar-refractivity contribution >= 4 is 13.8 Å². The van der Waals surface area contributed by atoms with Gasteiger partial charge >= 0.3 is 7.60 Å². The Hall–Kier alpha value is -0.440. The minimum absolute atomic E-state index is 0.339. The molecule has 1 aliphatic carbocycles. The Kier molecular flexibility index (Phi) is 8.35. The van der Waals surface area contributed by atoms with Crippen LogP contribution >= 0.6 is 7.60 Å². The van der Waals surface area contributed by atoms with Crippen molar-refractivity contribution in [1.82, 2.24) is 0 Å². The summed E-state index contributed by atoms with van der Waals surface area (Å²) in [5, 5.41) is 0. The van der Waals surface area contributed by atoms with Gasteiger partial charge in [-0.3, -0.25) is 9.56 Å². The molecule has 116 valence electrons. The second-order valence-electron chi connectivity index (χ2n) is 5.21. The smallest absolute Gasteiger partial charge is 0.309 e. The molecule has 0 bridgehead atoms. The van der Waals surface area contributed by atoms with Crippen LogP contribution in [0.2, 0.25) is 0 Å². The van der Waals surface area contributed by atoms with Gasteiger partial charge in [0.2, 0.25) is 0 Å². The molecular weight excluding hydrogens is 273 g/mol. The first-order chi connectivity index (χ1) is 9.59. The van der Waals surface area contributed by atoms with Crippen LogP contribution in [-0.4, -0.2) is 31.6 Å². The lowest BCUT2D eigenvalue weighted by Crippen LogP contribution is -2.09. The van der Waals surface area contributed by atoms with Crippen LogP contribution in [0, 0.1) is 0 Å². The Balaban J connectivity index is 2.50. The third-order valence-electron chi connectivity index (χ3n) is 3.33. The van der Waals surface area contributed by atoms with Crippen LogP contribution in [0.25, 0.3) is 0 Å². The second-order valence-corrected chi connectivity index (χ2v) is 7.26. The molecule has 1 aliphatic rings. The van der Waals surface area contributed by atoms with Gasteiger partial charge in [-0.05, 0) is 39.7 Å². The normalized spacial score (nSPS) is 18.9. The monoisotopic (exact) mass is 301 g/mol. The van der Waals surface area contributed by atoms with E-state index in [-0.39, 0.29) is 0 Å². The molecule has 20 heavy (non-hydrogen) atoms. The molecule has 0 N–H and O–H groups in total. The SMILES string of the molecule is CCOP(=O)(C/C(C)=C/C=NC1CCCCC1)OCC. The van der Waals surface area contributed by atoms with E-state index >= 15 is 0 Å². The zero-order valence-electron chi connectivity index (χ0n) is 13.0. The molecule has 0 saturated heterocycles. The van der Waals surface area contributed by atoms with Crippen LogP contribution in [0.1, 0.15) is 52.9 Å². The van der Waals surface area contributed by atoms with Gasteiger partial charge in [0, 0.05) is 12.3 Å². The highest BCUT2D eigenvalue weighted by atomic mass is 31.2. The topological polar surface area (TPSA) is 47.9 Å². The van der Waals surface area contributed by atoms with E-state index in [1.165, 1.54) is 32.1 Å². The third kappa shape index (κ3) is 6.83. The van der Waals surface area contributed by atoms with E-state index in [4.69, 9.17) is 9.05 Å². The zero-order valence-corrected chi connectivity index (χ0v) is 13.9. The summed E-state index contributed by atoms with van der Waals surface area (Å²) in [7, 11) is -2.98. The quantitative estimate of drug-likeness (QED) is 0.486. The van der Waals surface area contributed by atoms with Crippen molar-refractivity contribution in [2.24, 2.45) is 4.99 Å². The van der Waals surface area contributed by atoms with E-state index in [1.54, 1.807) is 0 Å². The molecule has 0 aromatic heterocycles. The molecule has 5 heteroatoms.